The van der Waals surface area contributed by atoms with Gasteiger partial charge in [-0.1, -0.05) is 30.3 Å². The molecule has 2 aliphatic rings. The normalized spacial score (nSPS) is 29.1. The lowest BCUT2D eigenvalue weighted by atomic mass is 10.0. The molecule has 0 N–H and O–H groups in total. The highest BCUT2D eigenvalue weighted by Gasteiger charge is 2.43. The van der Waals surface area contributed by atoms with Gasteiger partial charge in [-0.15, -0.1) is 0 Å². The molecule has 2 saturated heterocycles. The number of fused-ring (bicyclic) bond motifs is 1. The summed E-state index contributed by atoms with van der Waals surface area (Å²) < 4.78 is 5.05. The van der Waals surface area contributed by atoms with Gasteiger partial charge in [0.05, 0.1) is 12.5 Å². The van der Waals surface area contributed by atoms with Gasteiger partial charge in [0.1, 0.15) is 0 Å². The monoisotopic (exact) mass is 217 g/mol. The third-order valence-electron chi connectivity index (χ3n) is 3.51. The van der Waals surface area contributed by atoms with Crippen LogP contribution in [0.25, 0.3) is 0 Å². The molecule has 2 heterocycles. The third kappa shape index (κ3) is 1.71. The summed E-state index contributed by atoms with van der Waals surface area (Å²) in [6, 6.07) is 10.4. The van der Waals surface area contributed by atoms with Crippen LogP contribution in [0.15, 0.2) is 30.3 Å². The second-order valence-corrected chi connectivity index (χ2v) is 4.68. The standard InChI is InChI=1S/C13H15NO2/c15-13-12-8-14(7-11(12)9-16-13)6-10-4-2-1-3-5-10/h1-5,11-12H,6-9H2. The van der Waals surface area contributed by atoms with Crippen molar-refractivity contribution in [2.75, 3.05) is 19.7 Å². The summed E-state index contributed by atoms with van der Waals surface area (Å²) >= 11 is 0. The molecule has 0 spiro atoms. The van der Waals surface area contributed by atoms with E-state index in [0.717, 1.165) is 19.6 Å². The van der Waals surface area contributed by atoms with Gasteiger partial charge in [0, 0.05) is 25.6 Å². The molecule has 2 fully saturated rings. The van der Waals surface area contributed by atoms with Crippen molar-refractivity contribution < 1.29 is 9.53 Å². The summed E-state index contributed by atoms with van der Waals surface area (Å²) in [5.74, 6) is 0.556. The molecule has 0 radical (unpaired) electrons. The second-order valence-electron chi connectivity index (χ2n) is 4.68. The molecule has 0 aliphatic carbocycles. The summed E-state index contributed by atoms with van der Waals surface area (Å²) in [6.45, 7) is 3.42. The number of likely N-dealkylation sites (tertiary alicyclic amines) is 1. The minimum Gasteiger partial charge on any atom is -0.465 e. The lowest BCUT2D eigenvalue weighted by Crippen LogP contribution is -2.23. The zero-order valence-electron chi connectivity index (χ0n) is 9.13. The van der Waals surface area contributed by atoms with Crippen molar-refractivity contribution in [1.82, 2.24) is 4.90 Å². The first-order chi connectivity index (χ1) is 7.83. The van der Waals surface area contributed by atoms with E-state index in [1.54, 1.807) is 0 Å². The first-order valence-corrected chi connectivity index (χ1v) is 5.76. The molecule has 3 heteroatoms. The second kappa shape index (κ2) is 3.91. The van der Waals surface area contributed by atoms with Gasteiger partial charge in [0.2, 0.25) is 0 Å². The molecule has 0 amide bonds. The molecular formula is C13H15NO2. The van der Waals surface area contributed by atoms with Gasteiger partial charge in [-0.3, -0.25) is 9.69 Å². The van der Waals surface area contributed by atoms with E-state index in [-0.39, 0.29) is 11.9 Å². The summed E-state index contributed by atoms with van der Waals surface area (Å²) in [5, 5.41) is 0. The molecule has 2 atom stereocenters. The van der Waals surface area contributed by atoms with E-state index < -0.39 is 0 Å². The van der Waals surface area contributed by atoms with E-state index in [9.17, 15) is 4.79 Å². The molecule has 1 aromatic rings. The van der Waals surface area contributed by atoms with Gasteiger partial charge < -0.3 is 4.74 Å². The fraction of sp³-hybridized carbons (Fsp3) is 0.462. The van der Waals surface area contributed by atoms with E-state index in [0.29, 0.717) is 12.5 Å². The number of rotatable bonds is 2. The molecule has 1 aromatic carbocycles. The molecule has 3 nitrogen and oxygen atoms in total. The van der Waals surface area contributed by atoms with E-state index in [4.69, 9.17) is 4.74 Å². The van der Waals surface area contributed by atoms with Gasteiger partial charge in [-0.2, -0.15) is 0 Å². The number of carbonyl (C=O) groups excluding carboxylic acids is 1. The first kappa shape index (κ1) is 9.85. The topological polar surface area (TPSA) is 29.5 Å². The number of hydrogen-bond donors (Lipinski definition) is 0. The Morgan fingerprint density at radius 2 is 2.06 bits per heavy atom. The Balaban J connectivity index is 1.65. The molecule has 3 rings (SSSR count). The number of esters is 1. The number of hydrogen-bond acceptors (Lipinski definition) is 3. The Morgan fingerprint density at radius 3 is 2.81 bits per heavy atom. The van der Waals surface area contributed by atoms with Crippen LogP contribution in [0.2, 0.25) is 0 Å². The number of ether oxygens (including phenoxy) is 1. The van der Waals surface area contributed by atoms with Crippen LogP contribution in [-0.4, -0.2) is 30.6 Å². The summed E-state index contributed by atoms with van der Waals surface area (Å²) in [5.41, 5.74) is 1.32. The minimum absolute atomic E-state index is 0.000520. The molecule has 0 aromatic heterocycles. The maximum Gasteiger partial charge on any atom is 0.310 e. The van der Waals surface area contributed by atoms with Crippen molar-refractivity contribution in [3.8, 4) is 0 Å². The molecule has 2 aliphatic heterocycles. The molecular weight excluding hydrogens is 202 g/mol. The van der Waals surface area contributed by atoms with Crippen LogP contribution in [0.5, 0.6) is 0 Å². The average Bonchev–Trinajstić information content (AvgIpc) is 2.83. The Morgan fingerprint density at radius 1 is 1.25 bits per heavy atom. The smallest absolute Gasteiger partial charge is 0.310 e. The third-order valence-corrected chi connectivity index (χ3v) is 3.51. The lowest BCUT2D eigenvalue weighted by molar-refractivity contribution is -0.141. The predicted molar refractivity (Wildman–Crippen MR) is 59.7 cm³/mol. The fourth-order valence-corrected chi connectivity index (χ4v) is 2.66. The number of carbonyl (C=O) groups is 1. The Kier molecular flexibility index (Phi) is 2.40. The van der Waals surface area contributed by atoms with E-state index in [1.165, 1.54) is 5.56 Å². The van der Waals surface area contributed by atoms with Crippen molar-refractivity contribution >= 4 is 5.97 Å². The molecule has 2 unspecified atom stereocenters. The predicted octanol–water partition coefficient (Wildman–Crippen LogP) is 1.29. The lowest BCUT2D eigenvalue weighted by Gasteiger charge is -2.16. The molecule has 0 saturated carbocycles. The zero-order chi connectivity index (χ0) is 11.0. The van der Waals surface area contributed by atoms with Crippen LogP contribution in [0.3, 0.4) is 0 Å². The van der Waals surface area contributed by atoms with Crippen molar-refractivity contribution in [1.29, 1.82) is 0 Å². The molecule has 16 heavy (non-hydrogen) atoms. The highest BCUT2D eigenvalue weighted by molar-refractivity contribution is 5.75. The number of benzene rings is 1. The highest BCUT2D eigenvalue weighted by Crippen LogP contribution is 2.30. The summed E-state index contributed by atoms with van der Waals surface area (Å²) in [4.78, 5) is 13.8. The van der Waals surface area contributed by atoms with E-state index in [2.05, 4.69) is 29.2 Å². The van der Waals surface area contributed by atoms with Crippen LogP contribution in [0.1, 0.15) is 5.56 Å². The van der Waals surface area contributed by atoms with Crippen molar-refractivity contribution in [3.63, 3.8) is 0 Å². The maximum atomic E-state index is 11.4. The highest BCUT2D eigenvalue weighted by atomic mass is 16.5. The number of cyclic esters (lactones) is 1. The van der Waals surface area contributed by atoms with Crippen LogP contribution in [0.4, 0.5) is 0 Å². The largest absolute Gasteiger partial charge is 0.465 e. The number of nitrogens with zero attached hydrogens (tertiary/aromatic N) is 1. The van der Waals surface area contributed by atoms with Crippen molar-refractivity contribution in [3.05, 3.63) is 35.9 Å². The van der Waals surface area contributed by atoms with E-state index in [1.807, 2.05) is 6.07 Å². The van der Waals surface area contributed by atoms with Gasteiger partial charge in [-0.05, 0) is 5.56 Å². The van der Waals surface area contributed by atoms with Gasteiger partial charge in [0.15, 0.2) is 0 Å². The van der Waals surface area contributed by atoms with Crippen LogP contribution >= 0.6 is 0 Å². The van der Waals surface area contributed by atoms with Crippen LogP contribution in [-0.2, 0) is 16.1 Å². The molecule has 84 valence electrons. The summed E-state index contributed by atoms with van der Waals surface area (Å²) in [7, 11) is 0. The minimum atomic E-state index is 0.000520. The van der Waals surface area contributed by atoms with Crippen LogP contribution < -0.4 is 0 Å². The van der Waals surface area contributed by atoms with Crippen molar-refractivity contribution in [2.45, 2.75) is 6.54 Å². The quantitative estimate of drug-likeness (QED) is 0.699. The summed E-state index contributed by atoms with van der Waals surface area (Å²) in [6.07, 6.45) is 0. The fourth-order valence-electron chi connectivity index (χ4n) is 2.66. The Bertz CT molecular complexity index is 390. The molecule has 0 bridgehead atoms. The van der Waals surface area contributed by atoms with Gasteiger partial charge in [-0.25, -0.2) is 0 Å². The zero-order valence-corrected chi connectivity index (χ0v) is 9.13. The average molecular weight is 217 g/mol. The van der Waals surface area contributed by atoms with E-state index >= 15 is 0 Å². The first-order valence-electron chi connectivity index (χ1n) is 5.76. The van der Waals surface area contributed by atoms with Gasteiger partial charge in [0.25, 0.3) is 0 Å². The van der Waals surface area contributed by atoms with Crippen LogP contribution in [0, 0.1) is 11.8 Å². The SMILES string of the molecule is O=C1OCC2CN(Cc3ccccc3)CC12. The maximum absolute atomic E-state index is 11.4. The Labute approximate surface area is 95.0 Å². The van der Waals surface area contributed by atoms with Crippen molar-refractivity contribution in [2.24, 2.45) is 11.8 Å². The Hall–Kier alpha value is -1.35. The van der Waals surface area contributed by atoms with Gasteiger partial charge >= 0.3 is 5.97 Å².